The van der Waals surface area contributed by atoms with Crippen molar-refractivity contribution in [2.45, 2.75) is 25.4 Å². The molecule has 0 fully saturated rings. The quantitative estimate of drug-likeness (QED) is 0.494. The molecule has 3 heteroatoms. The van der Waals surface area contributed by atoms with Gasteiger partial charge in [-0.05, 0) is 30.5 Å². The van der Waals surface area contributed by atoms with Crippen LogP contribution in [-0.2, 0) is 0 Å². The van der Waals surface area contributed by atoms with Crippen molar-refractivity contribution in [2.75, 3.05) is 5.88 Å². The zero-order valence-corrected chi connectivity index (χ0v) is 10.4. The number of halogens is 2. The summed E-state index contributed by atoms with van der Waals surface area (Å²) in [5.74, 6) is 6.41. The van der Waals surface area contributed by atoms with E-state index in [2.05, 4.69) is 11.8 Å². The molecule has 16 heavy (non-hydrogen) atoms. The van der Waals surface area contributed by atoms with Crippen LogP contribution in [0.3, 0.4) is 0 Å². The van der Waals surface area contributed by atoms with Crippen molar-refractivity contribution in [3.05, 3.63) is 34.9 Å². The third-order valence-electron chi connectivity index (χ3n) is 2.11. The molecule has 86 valence electrons. The van der Waals surface area contributed by atoms with E-state index in [1.54, 1.807) is 24.3 Å². The second kappa shape index (κ2) is 7.57. The van der Waals surface area contributed by atoms with Crippen LogP contribution in [0.25, 0.3) is 0 Å². The van der Waals surface area contributed by atoms with Crippen LogP contribution in [0.15, 0.2) is 24.3 Å². The highest BCUT2D eigenvalue weighted by atomic mass is 35.5. The molecule has 0 saturated carbocycles. The van der Waals surface area contributed by atoms with Gasteiger partial charge in [0.15, 0.2) is 0 Å². The third-order valence-corrected chi connectivity index (χ3v) is 2.63. The number of aliphatic hydroxyl groups excluding tert-OH is 1. The second-order valence-electron chi connectivity index (χ2n) is 3.42. The van der Waals surface area contributed by atoms with Crippen molar-refractivity contribution in [3.8, 4) is 11.8 Å². The Kier molecular flexibility index (Phi) is 6.33. The molecule has 1 rings (SSSR count). The summed E-state index contributed by atoms with van der Waals surface area (Å²) in [7, 11) is 0. The van der Waals surface area contributed by atoms with Gasteiger partial charge in [-0.3, -0.25) is 0 Å². The van der Waals surface area contributed by atoms with Crippen LogP contribution in [0.4, 0.5) is 0 Å². The number of alkyl halides is 1. The highest BCUT2D eigenvalue weighted by molar-refractivity contribution is 6.30. The predicted molar refractivity (Wildman–Crippen MR) is 68.8 cm³/mol. The molecule has 1 unspecified atom stereocenters. The molecule has 0 heterocycles. The minimum Gasteiger partial charge on any atom is -0.376 e. The van der Waals surface area contributed by atoms with Crippen LogP contribution in [0.2, 0.25) is 5.02 Å². The van der Waals surface area contributed by atoms with Gasteiger partial charge in [-0.1, -0.05) is 29.7 Å². The molecule has 1 atom stereocenters. The van der Waals surface area contributed by atoms with Gasteiger partial charge in [0.2, 0.25) is 0 Å². The second-order valence-corrected chi connectivity index (χ2v) is 4.24. The summed E-state index contributed by atoms with van der Waals surface area (Å²) in [6.45, 7) is 0. The Morgan fingerprint density at radius 2 is 1.88 bits per heavy atom. The number of benzene rings is 1. The predicted octanol–water partition coefficient (Wildman–Crippen LogP) is 3.79. The molecule has 0 aliphatic carbocycles. The van der Waals surface area contributed by atoms with E-state index in [-0.39, 0.29) is 0 Å². The molecule has 1 N–H and O–H groups in total. The Hall–Kier alpha value is -0.680. The summed E-state index contributed by atoms with van der Waals surface area (Å²) in [5, 5.41) is 10.4. The summed E-state index contributed by atoms with van der Waals surface area (Å²) in [4.78, 5) is 0. The Bertz CT molecular complexity index is 362. The molecule has 0 radical (unpaired) electrons. The van der Waals surface area contributed by atoms with Gasteiger partial charge >= 0.3 is 0 Å². The average molecular weight is 257 g/mol. The van der Waals surface area contributed by atoms with Gasteiger partial charge in [0.25, 0.3) is 0 Å². The maximum atomic E-state index is 9.73. The summed E-state index contributed by atoms with van der Waals surface area (Å²) in [6, 6.07) is 7.05. The molecule has 1 aromatic carbocycles. The van der Waals surface area contributed by atoms with E-state index in [0.29, 0.717) is 10.9 Å². The number of unbranched alkanes of at least 4 members (excludes halogenated alkanes) is 2. The van der Waals surface area contributed by atoms with Crippen molar-refractivity contribution in [2.24, 2.45) is 0 Å². The fraction of sp³-hybridized carbons (Fsp3) is 0.385. The Balaban J connectivity index is 2.45. The lowest BCUT2D eigenvalue weighted by Crippen LogP contribution is -1.92. The first-order valence-corrected chi connectivity index (χ1v) is 6.13. The normalized spacial score (nSPS) is 11.7. The molecule has 0 aliphatic rings. The van der Waals surface area contributed by atoms with Crippen LogP contribution in [0.5, 0.6) is 0 Å². The van der Waals surface area contributed by atoms with E-state index >= 15 is 0 Å². The lowest BCUT2D eigenvalue weighted by Gasteiger charge is -2.02. The van der Waals surface area contributed by atoms with Crippen LogP contribution in [0.1, 0.15) is 30.9 Å². The summed E-state index contributed by atoms with van der Waals surface area (Å²) in [5.41, 5.74) is 0.772. The molecule has 0 saturated heterocycles. The van der Waals surface area contributed by atoms with Gasteiger partial charge < -0.3 is 5.11 Å². The van der Waals surface area contributed by atoms with Crippen molar-refractivity contribution >= 4 is 23.2 Å². The zero-order valence-electron chi connectivity index (χ0n) is 8.92. The molecule has 0 aromatic heterocycles. The first-order valence-electron chi connectivity index (χ1n) is 5.22. The van der Waals surface area contributed by atoms with E-state index in [0.717, 1.165) is 24.8 Å². The van der Waals surface area contributed by atoms with E-state index in [1.165, 1.54) is 0 Å². The largest absolute Gasteiger partial charge is 0.376 e. The summed E-state index contributed by atoms with van der Waals surface area (Å²) in [6.07, 6.45) is 1.99. The lowest BCUT2D eigenvalue weighted by molar-refractivity contribution is 0.238. The van der Waals surface area contributed by atoms with Crippen molar-refractivity contribution in [1.29, 1.82) is 0 Å². The Labute approximate surface area is 106 Å². The monoisotopic (exact) mass is 256 g/mol. The van der Waals surface area contributed by atoms with Crippen molar-refractivity contribution in [1.82, 2.24) is 0 Å². The van der Waals surface area contributed by atoms with Crippen molar-refractivity contribution in [3.63, 3.8) is 0 Å². The van der Waals surface area contributed by atoms with Crippen LogP contribution in [0, 0.1) is 11.8 Å². The van der Waals surface area contributed by atoms with Gasteiger partial charge in [-0.15, -0.1) is 17.5 Å². The first kappa shape index (κ1) is 13.4. The van der Waals surface area contributed by atoms with E-state index in [4.69, 9.17) is 23.2 Å². The minimum atomic E-state index is -0.728. The zero-order chi connectivity index (χ0) is 11.8. The minimum absolute atomic E-state index is 0.658. The van der Waals surface area contributed by atoms with Crippen LogP contribution >= 0.6 is 23.2 Å². The number of hydrogen-bond donors (Lipinski definition) is 1. The fourth-order valence-corrected chi connectivity index (χ4v) is 1.52. The highest BCUT2D eigenvalue weighted by Crippen LogP contribution is 2.15. The molecular formula is C13H14Cl2O. The summed E-state index contributed by atoms with van der Waals surface area (Å²) < 4.78 is 0. The van der Waals surface area contributed by atoms with Gasteiger partial charge in [0.05, 0.1) is 0 Å². The molecule has 0 spiro atoms. The standard InChI is InChI=1S/C13H14Cl2O/c14-10-4-2-1-3-5-13(16)11-6-8-12(15)9-7-11/h6-9,13,16H,1-2,4,10H2. The molecule has 1 aromatic rings. The SMILES string of the molecule is OC(C#CCCCCCl)c1ccc(Cl)cc1. The maximum absolute atomic E-state index is 9.73. The molecule has 1 nitrogen and oxygen atoms in total. The van der Waals surface area contributed by atoms with Gasteiger partial charge in [-0.25, -0.2) is 0 Å². The topological polar surface area (TPSA) is 20.2 Å². The van der Waals surface area contributed by atoms with Gasteiger partial charge in [-0.2, -0.15) is 0 Å². The Morgan fingerprint density at radius 3 is 2.50 bits per heavy atom. The number of aliphatic hydroxyl groups is 1. The lowest BCUT2D eigenvalue weighted by atomic mass is 10.1. The molecular weight excluding hydrogens is 243 g/mol. The fourth-order valence-electron chi connectivity index (χ4n) is 1.21. The van der Waals surface area contributed by atoms with E-state index in [1.807, 2.05) is 0 Å². The highest BCUT2D eigenvalue weighted by Gasteiger charge is 2.01. The third kappa shape index (κ3) is 4.90. The molecule has 0 amide bonds. The molecule has 0 bridgehead atoms. The number of rotatable bonds is 4. The molecule has 0 aliphatic heterocycles. The first-order chi connectivity index (χ1) is 7.74. The average Bonchev–Trinajstić information content (AvgIpc) is 2.29. The van der Waals surface area contributed by atoms with E-state index in [9.17, 15) is 5.11 Å². The summed E-state index contributed by atoms with van der Waals surface area (Å²) >= 11 is 11.3. The van der Waals surface area contributed by atoms with Crippen molar-refractivity contribution < 1.29 is 5.11 Å². The van der Waals surface area contributed by atoms with E-state index < -0.39 is 6.10 Å². The smallest absolute Gasteiger partial charge is 0.140 e. The maximum Gasteiger partial charge on any atom is 0.140 e. The number of hydrogen-bond acceptors (Lipinski definition) is 1. The Morgan fingerprint density at radius 1 is 1.19 bits per heavy atom. The van der Waals surface area contributed by atoms with Crippen LogP contribution < -0.4 is 0 Å². The van der Waals surface area contributed by atoms with Crippen LogP contribution in [-0.4, -0.2) is 11.0 Å². The van der Waals surface area contributed by atoms with Gasteiger partial charge in [0, 0.05) is 17.3 Å². The van der Waals surface area contributed by atoms with Gasteiger partial charge in [0.1, 0.15) is 6.10 Å².